The molecule has 42 heavy (non-hydrogen) atoms. The molecule has 3 aromatic carbocycles. The Morgan fingerprint density at radius 1 is 0.714 bits per heavy atom. The molecule has 2 atom stereocenters. The van der Waals surface area contributed by atoms with Crippen LogP contribution in [0.2, 0.25) is 10.0 Å². The summed E-state index contributed by atoms with van der Waals surface area (Å²) < 4.78 is 0. The maximum absolute atomic E-state index is 12.9. The molecule has 5 rings (SSSR count). The van der Waals surface area contributed by atoms with E-state index in [1.807, 2.05) is 0 Å². The van der Waals surface area contributed by atoms with Gasteiger partial charge in [-0.1, -0.05) is 47.5 Å². The zero-order valence-electron chi connectivity index (χ0n) is 22.2. The number of aliphatic hydroxyl groups excluding tert-OH is 2. The minimum Gasteiger partial charge on any atom is -0.382 e. The van der Waals surface area contributed by atoms with Crippen LogP contribution in [0.25, 0.3) is 22.1 Å². The van der Waals surface area contributed by atoms with Crippen LogP contribution < -0.4 is 22.0 Å². The molecule has 0 aliphatic rings. The highest BCUT2D eigenvalue weighted by atomic mass is 35.5. The lowest BCUT2D eigenvalue weighted by Gasteiger charge is -2.17. The summed E-state index contributed by atoms with van der Waals surface area (Å²) in [5, 5.41) is 31.6. The number of aliphatic hydroxyl groups is 2. The first-order valence-electron chi connectivity index (χ1n) is 12.5. The van der Waals surface area contributed by atoms with Crippen molar-refractivity contribution < 1.29 is 10.2 Å². The molecule has 214 valence electrons. The molecule has 0 amide bonds. The van der Waals surface area contributed by atoms with Crippen LogP contribution in [-0.2, 0) is 0 Å². The van der Waals surface area contributed by atoms with Crippen molar-refractivity contribution in [3.63, 3.8) is 0 Å². The largest absolute Gasteiger partial charge is 0.382 e. The van der Waals surface area contributed by atoms with E-state index in [2.05, 4.69) is 41.0 Å². The highest BCUT2D eigenvalue weighted by Gasteiger charge is 2.25. The average molecular weight is 607 g/mol. The SMILES string of the molecule is CN/N=C(\c1nc2ccc(Cl)cc2[nH]c1=O)[C@H](O)c1ccc([C@@H](O)/C(=N/NC)c2nc3ccc(Cl)cc3[nH]c2=O)cc1. The first-order valence-corrected chi connectivity index (χ1v) is 13.3. The number of nitrogens with zero attached hydrogens (tertiary/aromatic N) is 4. The molecule has 14 heteroatoms. The fourth-order valence-electron chi connectivity index (χ4n) is 4.37. The highest BCUT2D eigenvalue weighted by Crippen LogP contribution is 2.24. The van der Waals surface area contributed by atoms with Gasteiger partial charge in [0.25, 0.3) is 11.1 Å². The molecule has 12 nitrogen and oxygen atoms in total. The van der Waals surface area contributed by atoms with Gasteiger partial charge in [-0.3, -0.25) is 9.59 Å². The van der Waals surface area contributed by atoms with E-state index in [4.69, 9.17) is 23.2 Å². The Morgan fingerprint density at radius 3 is 1.45 bits per heavy atom. The maximum Gasteiger partial charge on any atom is 0.276 e. The second-order valence-electron chi connectivity index (χ2n) is 9.07. The Labute approximate surface area is 247 Å². The number of halogens is 2. The van der Waals surface area contributed by atoms with Crippen molar-refractivity contribution in [1.29, 1.82) is 0 Å². The number of hydrogen-bond donors (Lipinski definition) is 6. The van der Waals surface area contributed by atoms with Gasteiger partial charge in [-0.2, -0.15) is 10.2 Å². The van der Waals surface area contributed by atoms with Crippen molar-refractivity contribution in [2.75, 3.05) is 14.1 Å². The van der Waals surface area contributed by atoms with E-state index in [1.165, 1.54) is 14.1 Å². The number of aromatic amines is 2. The van der Waals surface area contributed by atoms with Crippen LogP contribution in [0.3, 0.4) is 0 Å². The van der Waals surface area contributed by atoms with E-state index >= 15 is 0 Å². The normalized spacial score (nSPS) is 13.8. The third-order valence-corrected chi connectivity index (χ3v) is 6.81. The number of rotatable bonds is 8. The van der Waals surface area contributed by atoms with Gasteiger partial charge in [0.05, 0.1) is 22.1 Å². The molecule has 0 spiro atoms. The lowest BCUT2D eigenvalue weighted by Crippen LogP contribution is -2.28. The van der Waals surface area contributed by atoms with Gasteiger partial charge in [0.15, 0.2) is 11.4 Å². The Bertz CT molecular complexity index is 1830. The molecular formula is C28H24Cl2N8O4. The van der Waals surface area contributed by atoms with E-state index < -0.39 is 23.3 Å². The Kier molecular flexibility index (Phi) is 8.31. The lowest BCUT2D eigenvalue weighted by atomic mass is 9.97. The quantitative estimate of drug-likeness (QED) is 0.115. The number of fused-ring (bicyclic) bond motifs is 2. The van der Waals surface area contributed by atoms with Crippen molar-refractivity contribution in [2.45, 2.75) is 12.2 Å². The fourth-order valence-corrected chi connectivity index (χ4v) is 4.71. The molecule has 0 saturated heterocycles. The minimum atomic E-state index is -1.36. The number of nitrogens with one attached hydrogen (secondary N) is 4. The standard InChI is InChI=1S/C28H24Cl2N8O4/c1-31-37-21(23-27(41)35-19-11-15(29)7-9-17(19)33-23)25(39)13-3-5-14(6-4-13)26(40)22(38-32-2)24-28(42)36-20-12-16(30)8-10-18(20)34-24/h3-12,25-26,31-32,39-40H,1-2H3,(H,35,41)(H,36,42)/b37-21+,38-22+/t25-,26-/m1/s1. The second kappa shape index (κ2) is 12.1. The van der Waals surface area contributed by atoms with Crippen LogP contribution in [0.15, 0.2) is 80.5 Å². The van der Waals surface area contributed by atoms with Crippen LogP contribution in [0.1, 0.15) is 34.7 Å². The summed E-state index contributed by atoms with van der Waals surface area (Å²) in [4.78, 5) is 39.9. The van der Waals surface area contributed by atoms with Gasteiger partial charge < -0.3 is 31.0 Å². The average Bonchev–Trinajstić information content (AvgIpc) is 2.97. The van der Waals surface area contributed by atoms with Gasteiger partial charge in [-0.15, -0.1) is 0 Å². The molecule has 0 saturated carbocycles. The second-order valence-corrected chi connectivity index (χ2v) is 9.94. The highest BCUT2D eigenvalue weighted by molar-refractivity contribution is 6.31. The van der Waals surface area contributed by atoms with Crippen LogP contribution in [0.5, 0.6) is 0 Å². The summed E-state index contributed by atoms with van der Waals surface area (Å²) in [6.45, 7) is 0. The van der Waals surface area contributed by atoms with E-state index in [-0.39, 0.29) is 22.8 Å². The van der Waals surface area contributed by atoms with E-state index in [1.54, 1.807) is 60.7 Å². The summed E-state index contributed by atoms with van der Waals surface area (Å²) in [7, 11) is 3.06. The monoisotopic (exact) mass is 606 g/mol. The first-order chi connectivity index (χ1) is 20.2. The minimum absolute atomic E-state index is 0.0201. The molecule has 0 aliphatic carbocycles. The molecule has 0 unspecified atom stereocenters. The van der Waals surface area contributed by atoms with Crippen molar-refractivity contribution in [2.24, 2.45) is 10.2 Å². The van der Waals surface area contributed by atoms with E-state index in [0.29, 0.717) is 43.2 Å². The van der Waals surface area contributed by atoms with Crippen molar-refractivity contribution in [3.8, 4) is 0 Å². The number of aromatic nitrogens is 4. The summed E-state index contributed by atoms with van der Waals surface area (Å²) in [5.41, 5.74) is 6.41. The Morgan fingerprint density at radius 2 is 1.10 bits per heavy atom. The molecule has 6 N–H and O–H groups in total. The predicted molar refractivity (Wildman–Crippen MR) is 162 cm³/mol. The molecular weight excluding hydrogens is 583 g/mol. The summed E-state index contributed by atoms with van der Waals surface area (Å²) >= 11 is 12.0. The van der Waals surface area contributed by atoms with Crippen LogP contribution >= 0.6 is 23.2 Å². The zero-order chi connectivity index (χ0) is 30.0. The van der Waals surface area contributed by atoms with Gasteiger partial charge in [0, 0.05) is 24.1 Å². The Hall–Kier alpha value is -4.62. The predicted octanol–water partition coefficient (Wildman–Crippen LogP) is 2.78. The molecule has 2 heterocycles. The Balaban J connectivity index is 1.47. The molecule has 5 aromatic rings. The zero-order valence-corrected chi connectivity index (χ0v) is 23.7. The molecule has 0 radical (unpaired) electrons. The van der Waals surface area contributed by atoms with Crippen LogP contribution in [0, 0.1) is 0 Å². The summed E-state index contributed by atoms with van der Waals surface area (Å²) in [6, 6.07) is 15.9. The van der Waals surface area contributed by atoms with Crippen molar-refractivity contribution in [3.05, 3.63) is 114 Å². The van der Waals surface area contributed by atoms with Gasteiger partial charge in [0.1, 0.15) is 23.6 Å². The lowest BCUT2D eigenvalue weighted by molar-refractivity contribution is 0.243. The van der Waals surface area contributed by atoms with Gasteiger partial charge >= 0.3 is 0 Å². The van der Waals surface area contributed by atoms with Gasteiger partial charge in [-0.05, 0) is 47.5 Å². The van der Waals surface area contributed by atoms with Crippen molar-refractivity contribution >= 4 is 56.7 Å². The molecule has 0 fully saturated rings. The maximum atomic E-state index is 12.9. The summed E-state index contributed by atoms with van der Waals surface area (Å²) in [5.74, 6) is 0. The first kappa shape index (κ1) is 28.9. The fraction of sp³-hybridized carbons (Fsp3) is 0.143. The smallest absolute Gasteiger partial charge is 0.276 e. The number of benzene rings is 3. The van der Waals surface area contributed by atoms with Crippen molar-refractivity contribution in [1.82, 2.24) is 30.8 Å². The van der Waals surface area contributed by atoms with Gasteiger partial charge in [-0.25, -0.2) is 9.97 Å². The third kappa shape index (κ3) is 5.74. The number of H-pyrrole nitrogens is 2. The van der Waals surface area contributed by atoms with Crippen LogP contribution in [-0.4, -0.2) is 55.7 Å². The van der Waals surface area contributed by atoms with Gasteiger partial charge in [0.2, 0.25) is 0 Å². The number of hydrogen-bond acceptors (Lipinski definition) is 10. The number of hydrazone groups is 2. The van der Waals surface area contributed by atoms with Crippen LogP contribution in [0.4, 0.5) is 0 Å². The van der Waals surface area contributed by atoms with E-state index in [0.717, 1.165) is 0 Å². The molecule has 0 bridgehead atoms. The topological polar surface area (TPSA) is 181 Å². The summed E-state index contributed by atoms with van der Waals surface area (Å²) in [6.07, 6.45) is -2.71. The van der Waals surface area contributed by atoms with E-state index in [9.17, 15) is 19.8 Å². The molecule has 2 aromatic heterocycles. The third-order valence-electron chi connectivity index (χ3n) is 6.34. The molecule has 0 aliphatic heterocycles.